The second-order valence-electron chi connectivity index (χ2n) is 5.24. The molecule has 0 aliphatic carbocycles. The zero-order valence-corrected chi connectivity index (χ0v) is 11.2. The third kappa shape index (κ3) is 3.93. The zero-order valence-electron chi connectivity index (χ0n) is 11.2. The fourth-order valence-electron chi connectivity index (χ4n) is 2.56. The van der Waals surface area contributed by atoms with Gasteiger partial charge < -0.3 is 5.11 Å². The van der Waals surface area contributed by atoms with Crippen molar-refractivity contribution >= 4 is 5.97 Å². The zero-order chi connectivity index (χ0) is 15.6. The Labute approximate surface area is 119 Å². The maximum atomic E-state index is 13.3. The highest BCUT2D eigenvalue weighted by atomic mass is 19.4. The van der Waals surface area contributed by atoms with Crippen LogP contribution in [0, 0.1) is 11.7 Å². The monoisotopic (exact) mass is 305 g/mol. The Morgan fingerprint density at radius 3 is 2.71 bits per heavy atom. The van der Waals surface area contributed by atoms with Crippen LogP contribution in [0.25, 0.3) is 0 Å². The molecule has 1 N–H and O–H groups in total. The van der Waals surface area contributed by atoms with E-state index in [1.165, 1.54) is 12.1 Å². The Balaban J connectivity index is 2.08. The molecule has 0 bridgehead atoms. The smallest absolute Gasteiger partial charge is 0.393 e. The fourth-order valence-corrected chi connectivity index (χ4v) is 2.56. The van der Waals surface area contributed by atoms with Crippen LogP contribution in [0.1, 0.15) is 28.8 Å². The summed E-state index contributed by atoms with van der Waals surface area (Å²) < 4.78 is 51.4. The molecule has 1 saturated heterocycles. The quantitative estimate of drug-likeness (QED) is 0.871. The molecule has 0 amide bonds. The van der Waals surface area contributed by atoms with Gasteiger partial charge >= 0.3 is 12.1 Å². The van der Waals surface area contributed by atoms with Gasteiger partial charge in [-0.3, -0.25) is 4.90 Å². The van der Waals surface area contributed by atoms with Gasteiger partial charge in [-0.05, 0) is 37.1 Å². The van der Waals surface area contributed by atoms with Gasteiger partial charge in [0, 0.05) is 13.1 Å². The lowest BCUT2D eigenvalue weighted by Crippen LogP contribution is -2.41. The summed E-state index contributed by atoms with van der Waals surface area (Å²) >= 11 is 0. The van der Waals surface area contributed by atoms with Crippen molar-refractivity contribution in [3.05, 3.63) is 35.1 Å². The number of halogens is 4. The molecule has 1 atom stereocenters. The topological polar surface area (TPSA) is 40.5 Å². The number of hydrogen-bond donors (Lipinski definition) is 1. The van der Waals surface area contributed by atoms with Gasteiger partial charge in [0.25, 0.3) is 0 Å². The minimum absolute atomic E-state index is 0.108. The summed E-state index contributed by atoms with van der Waals surface area (Å²) in [5.74, 6) is -3.59. The third-order valence-electron chi connectivity index (χ3n) is 3.64. The lowest BCUT2D eigenvalue weighted by Gasteiger charge is -2.33. The molecule has 1 heterocycles. The number of aromatic carboxylic acids is 1. The van der Waals surface area contributed by atoms with E-state index in [0.717, 1.165) is 6.07 Å². The van der Waals surface area contributed by atoms with E-state index >= 15 is 0 Å². The van der Waals surface area contributed by atoms with Gasteiger partial charge in [-0.25, -0.2) is 9.18 Å². The number of likely N-dealkylation sites (tertiary alicyclic amines) is 1. The lowest BCUT2D eigenvalue weighted by atomic mass is 9.97. The maximum Gasteiger partial charge on any atom is 0.393 e. The fraction of sp³-hybridized carbons (Fsp3) is 0.500. The summed E-state index contributed by atoms with van der Waals surface area (Å²) in [5, 5.41) is 8.84. The number of hydrogen-bond acceptors (Lipinski definition) is 2. The average molecular weight is 305 g/mol. The Kier molecular flexibility index (Phi) is 4.51. The third-order valence-corrected chi connectivity index (χ3v) is 3.64. The minimum atomic E-state index is -4.21. The first-order valence-corrected chi connectivity index (χ1v) is 6.58. The standard InChI is InChI=1S/C14H15F4NO2/c15-12-4-3-9(6-11(12)13(20)21)7-19-5-1-2-10(8-19)14(16,17)18/h3-4,6,10H,1-2,5,7-8H2,(H,20,21). The molecule has 2 rings (SSSR count). The Hall–Kier alpha value is -1.63. The van der Waals surface area contributed by atoms with Crippen LogP contribution in [0.2, 0.25) is 0 Å². The number of rotatable bonds is 3. The average Bonchev–Trinajstić information content (AvgIpc) is 2.40. The van der Waals surface area contributed by atoms with E-state index in [2.05, 4.69) is 0 Å². The van der Waals surface area contributed by atoms with Gasteiger partial charge in [-0.1, -0.05) is 6.07 Å². The Morgan fingerprint density at radius 1 is 1.38 bits per heavy atom. The van der Waals surface area contributed by atoms with Crippen molar-refractivity contribution in [3.63, 3.8) is 0 Å². The van der Waals surface area contributed by atoms with Crippen LogP contribution in [0.5, 0.6) is 0 Å². The van der Waals surface area contributed by atoms with Crippen molar-refractivity contribution < 1.29 is 27.5 Å². The van der Waals surface area contributed by atoms with Crippen molar-refractivity contribution in [2.45, 2.75) is 25.6 Å². The first-order chi connectivity index (χ1) is 9.77. The number of carboxylic acid groups (broad SMARTS) is 1. The molecule has 1 aliphatic heterocycles. The Morgan fingerprint density at radius 2 is 2.10 bits per heavy atom. The van der Waals surface area contributed by atoms with E-state index in [-0.39, 0.29) is 19.5 Å². The normalized spacial score (nSPS) is 20.5. The number of benzene rings is 1. The molecular formula is C14H15F4NO2. The highest BCUT2D eigenvalue weighted by Crippen LogP contribution is 2.33. The number of carboxylic acids is 1. The van der Waals surface area contributed by atoms with Crippen molar-refractivity contribution in [3.8, 4) is 0 Å². The van der Waals surface area contributed by atoms with Crippen LogP contribution in [-0.2, 0) is 6.54 Å². The molecule has 21 heavy (non-hydrogen) atoms. The first-order valence-electron chi connectivity index (χ1n) is 6.58. The highest BCUT2D eigenvalue weighted by molar-refractivity contribution is 5.88. The second-order valence-corrected chi connectivity index (χ2v) is 5.24. The second kappa shape index (κ2) is 6.01. The maximum absolute atomic E-state index is 13.3. The molecule has 1 aromatic carbocycles. The molecule has 1 fully saturated rings. The summed E-state index contributed by atoms with van der Waals surface area (Å²) in [6, 6.07) is 3.61. The molecule has 1 aromatic rings. The minimum Gasteiger partial charge on any atom is -0.478 e. The van der Waals surface area contributed by atoms with Crippen molar-refractivity contribution in [1.29, 1.82) is 0 Å². The molecule has 7 heteroatoms. The predicted molar refractivity (Wildman–Crippen MR) is 67.4 cm³/mol. The van der Waals surface area contributed by atoms with Gasteiger partial charge in [-0.2, -0.15) is 13.2 Å². The lowest BCUT2D eigenvalue weighted by molar-refractivity contribution is -0.187. The molecule has 0 radical (unpaired) electrons. The summed E-state index contributed by atoms with van der Waals surface area (Å²) in [5.41, 5.74) is 0.0357. The van der Waals surface area contributed by atoms with E-state index in [1.807, 2.05) is 0 Å². The number of piperidine rings is 1. The molecule has 0 saturated carbocycles. The van der Waals surface area contributed by atoms with Crippen molar-refractivity contribution in [2.75, 3.05) is 13.1 Å². The molecule has 1 aliphatic rings. The van der Waals surface area contributed by atoms with Crippen LogP contribution in [-0.4, -0.2) is 35.2 Å². The highest BCUT2D eigenvalue weighted by Gasteiger charge is 2.41. The van der Waals surface area contributed by atoms with Gasteiger partial charge in [0.1, 0.15) is 5.82 Å². The van der Waals surface area contributed by atoms with Crippen LogP contribution in [0.3, 0.4) is 0 Å². The largest absolute Gasteiger partial charge is 0.478 e. The molecule has 116 valence electrons. The van der Waals surface area contributed by atoms with Gasteiger partial charge in [0.05, 0.1) is 11.5 Å². The van der Waals surface area contributed by atoms with Gasteiger partial charge in [0.2, 0.25) is 0 Å². The van der Waals surface area contributed by atoms with Gasteiger partial charge in [-0.15, -0.1) is 0 Å². The van der Waals surface area contributed by atoms with Crippen LogP contribution in [0.4, 0.5) is 17.6 Å². The van der Waals surface area contributed by atoms with Crippen molar-refractivity contribution in [1.82, 2.24) is 4.90 Å². The summed E-state index contributed by atoms with van der Waals surface area (Å²) in [7, 11) is 0. The summed E-state index contributed by atoms with van der Waals surface area (Å²) in [6.45, 7) is 0.600. The summed E-state index contributed by atoms with van der Waals surface area (Å²) in [4.78, 5) is 12.5. The summed E-state index contributed by atoms with van der Waals surface area (Å²) in [6.07, 6.45) is -3.66. The molecular weight excluding hydrogens is 290 g/mol. The number of nitrogens with zero attached hydrogens (tertiary/aromatic N) is 1. The van der Waals surface area contributed by atoms with Crippen molar-refractivity contribution in [2.24, 2.45) is 5.92 Å². The van der Waals surface area contributed by atoms with E-state index in [1.54, 1.807) is 4.90 Å². The first kappa shape index (κ1) is 15.8. The Bertz CT molecular complexity index is 530. The van der Waals surface area contributed by atoms with E-state index in [0.29, 0.717) is 18.5 Å². The van der Waals surface area contributed by atoms with Crippen LogP contribution >= 0.6 is 0 Å². The van der Waals surface area contributed by atoms with Gasteiger partial charge in [0.15, 0.2) is 0 Å². The molecule has 1 unspecified atom stereocenters. The predicted octanol–water partition coefficient (Wildman–Crippen LogP) is 3.30. The van der Waals surface area contributed by atoms with E-state index in [9.17, 15) is 22.4 Å². The number of alkyl halides is 3. The number of carbonyl (C=O) groups is 1. The van der Waals surface area contributed by atoms with Crippen LogP contribution in [0.15, 0.2) is 18.2 Å². The molecule has 0 spiro atoms. The molecule has 0 aromatic heterocycles. The van der Waals surface area contributed by atoms with Crippen LogP contribution < -0.4 is 0 Å². The SMILES string of the molecule is O=C(O)c1cc(CN2CCCC(C(F)(F)F)C2)ccc1F. The van der Waals surface area contributed by atoms with E-state index < -0.39 is 29.4 Å². The van der Waals surface area contributed by atoms with E-state index in [4.69, 9.17) is 5.11 Å². The molecule has 3 nitrogen and oxygen atoms in total.